The highest BCUT2D eigenvalue weighted by atomic mass is 32.1. The van der Waals surface area contributed by atoms with Crippen LogP contribution in [0.3, 0.4) is 0 Å². The molecule has 0 N–H and O–H groups in total. The van der Waals surface area contributed by atoms with E-state index in [1.54, 1.807) is 12.1 Å². The molecule has 0 spiro atoms. The van der Waals surface area contributed by atoms with Crippen molar-refractivity contribution >= 4 is 45.6 Å². The van der Waals surface area contributed by atoms with Gasteiger partial charge in [0.25, 0.3) is 0 Å². The second-order valence-corrected chi connectivity index (χ2v) is 7.83. The second-order valence-electron chi connectivity index (χ2n) is 6.92. The molecule has 0 unspecified atom stereocenters. The van der Waals surface area contributed by atoms with Crippen LogP contribution >= 0.6 is 11.3 Å². The number of hydrogen-bond donors (Lipinski definition) is 0. The predicted molar refractivity (Wildman–Crippen MR) is 109 cm³/mol. The van der Waals surface area contributed by atoms with Crippen LogP contribution in [-0.2, 0) is 33.3 Å². The average Bonchev–Trinajstić information content (AvgIpc) is 3.18. The Morgan fingerprint density at radius 1 is 1.10 bits per heavy atom. The molecule has 0 amide bonds. The number of aldehydes is 1. The van der Waals surface area contributed by atoms with Gasteiger partial charge in [0, 0.05) is 36.4 Å². The van der Waals surface area contributed by atoms with E-state index in [1.807, 2.05) is 11.4 Å². The molecule has 1 aromatic carbocycles. The number of fused-ring (bicyclic) bond motifs is 1. The molecule has 1 aromatic heterocycles. The van der Waals surface area contributed by atoms with E-state index in [0.29, 0.717) is 11.3 Å². The monoisotopic (exact) mass is 450 g/mol. The number of hydrogen-bond acceptors (Lipinski definition) is 10. The Hall–Kier alpha value is -2.98. The third kappa shape index (κ3) is 5.59. The van der Waals surface area contributed by atoms with Crippen LogP contribution in [-0.4, -0.2) is 55.4 Å². The van der Waals surface area contributed by atoms with Crippen molar-refractivity contribution in [2.24, 2.45) is 0 Å². The number of carbonyl (C=O) groups is 4. The Bertz CT molecular complexity index is 982. The van der Waals surface area contributed by atoms with Crippen LogP contribution in [0, 0.1) is 0 Å². The molecule has 0 saturated carbocycles. The number of ether oxygens (including phenoxy) is 5. The molecule has 166 valence electrons. The van der Waals surface area contributed by atoms with Crippen LogP contribution in [0.2, 0.25) is 0 Å². The molecule has 1 saturated heterocycles. The van der Waals surface area contributed by atoms with Crippen molar-refractivity contribution in [1.82, 2.24) is 0 Å². The lowest BCUT2D eigenvalue weighted by Gasteiger charge is -2.39. The number of thiophene rings is 1. The summed E-state index contributed by atoms with van der Waals surface area (Å²) in [5, 5.41) is 2.58. The van der Waals surface area contributed by atoms with E-state index in [-0.39, 0.29) is 13.0 Å². The zero-order valence-corrected chi connectivity index (χ0v) is 18.0. The predicted octanol–water partition coefficient (Wildman–Crippen LogP) is 2.63. The summed E-state index contributed by atoms with van der Waals surface area (Å²) >= 11 is 1.41. The molecule has 3 rings (SSSR count). The van der Waals surface area contributed by atoms with Gasteiger partial charge in [-0.1, -0.05) is 0 Å². The van der Waals surface area contributed by atoms with Crippen molar-refractivity contribution in [2.75, 3.05) is 6.61 Å². The lowest BCUT2D eigenvalue weighted by atomic mass is 10.0. The largest absolute Gasteiger partial charge is 0.464 e. The van der Waals surface area contributed by atoms with Gasteiger partial charge in [0.15, 0.2) is 12.4 Å². The fraction of sp³-hybridized carbons (Fsp3) is 0.429. The standard InChI is InChI=1S/C21H22O9S/c1-11(23)26-10-18-20(28-13(3)25)17(27-12(2)24)8-19(30-18)29-16-5-4-14(9-22)21-15(16)6-7-31-21/h4-7,9,17-20H,8,10H2,1-3H3/t17-,18-,19-,20-/m1/s1. The normalized spacial score (nSPS) is 23.1. The zero-order valence-electron chi connectivity index (χ0n) is 17.2. The Balaban J connectivity index is 1.87. The van der Waals surface area contributed by atoms with E-state index < -0.39 is 42.5 Å². The summed E-state index contributed by atoms with van der Waals surface area (Å²) in [6.07, 6.45) is -2.79. The van der Waals surface area contributed by atoms with Gasteiger partial charge in [-0.25, -0.2) is 0 Å². The average molecular weight is 450 g/mol. The van der Waals surface area contributed by atoms with E-state index in [9.17, 15) is 19.2 Å². The SMILES string of the molecule is CC(=O)OC[C@H]1O[C@@H](Oc2ccc(C=O)c3sccc23)C[C@@H](OC(C)=O)[C@H]1OC(C)=O. The highest BCUT2D eigenvalue weighted by Gasteiger charge is 2.44. The quantitative estimate of drug-likeness (QED) is 0.357. The third-order valence-electron chi connectivity index (χ3n) is 4.55. The second kappa shape index (κ2) is 9.88. The van der Waals surface area contributed by atoms with Crippen LogP contribution < -0.4 is 4.74 Å². The van der Waals surface area contributed by atoms with Crippen LogP contribution in [0.1, 0.15) is 37.6 Å². The van der Waals surface area contributed by atoms with Gasteiger partial charge in [-0.2, -0.15) is 0 Å². The minimum atomic E-state index is -0.973. The van der Waals surface area contributed by atoms with Crippen molar-refractivity contribution < 1.29 is 42.9 Å². The fourth-order valence-electron chi connectivity index (χ4n) is 3.37. The summed E-state index contributed by atoms with van der Waals surface area (Å²) in [6, 6.07) is 5.13. The number of carbonyl (C=O) groups excluding carboxylic acids is 4. The van der Waals surface area contributed by atoms with Crippen molar-refractivity contribution in [1.29, 1.82) is 0 Å². The molecule has 10 heteroatoms. The van der Waals surface area contributed by atoms with Gasteiger partial charge >= 0.3 is 17.9 Å². The smallest absolute Gasteiger partial charge is 0.303 e. The van der Waals surface area contributed by atoms with Gasteiger partial charge in [-0.3, -0.25) is 19.2 Å². The minimum absolute atomic E-state index is 0.0785. The van der Waals surface area contributed by atoms with E-state index in [0.717, 1.165) is 16.4 Å². The molecule has 0 radical (unpaired) electrons. The summed E-state index contributed by atoms with van der Waals surface area (Å²) in [5.41, 5.74) is 0.544. The Morgan fingerprint density at radius 3 is 2.48 bits per heavy atom. The van der Waals surface area contributed by atoms with Crippen LogP contribution in [0.15, 0.2) is 23.6 Å². The van der Waals surface area contributed by atoms with Crippen LogP contribution in [0.4, 0.5) is 0 Å². The Morgan fingerprint density at radius 2 is 1.84 bits per heavy atom. The van der Waals surface area contributed by atoms with E-state index in [1.165, 1.54) is 32.1 Å². The Kier molecular flexibility index (Phi) is 7.24. The molecule has 1 fully saturated rings. The Labute approximate surface area is 182 Å². The number of rotatable bonds is 7. The first-order chi connectivity index (χ1) is 14.8. The van der Waals surface area contributed by atoms with E-state index in [4.69, 9.17) is 23.7 Å². The van der Waals surface area contributed by atoms with E-state index in [2.05, 4.69) is 0 Å². The summed E-state index contributed by atoms with van der Waals surface area (Å²) in [6.45, 7) is 3.48. The molecule has 0 bridgehead atoms. The summed E-state index contributed by atoms with van der Waals surface area (Å²) in [4.78, 5) is 45.8. The molecule has 2 heterocycles. The maximum Gasteiger partial charge on any atom is 0.303 e. The maximum absolute atomic E-state index is 11.6. The molecule has 2 aromatic rings. The fourth-order valence-corrected chi connectivity index (χ4v) is 4.26. The van der Waals surface area contributed by atoms with Gasteiger partial charge in [0.2, 0.25) is 6.29 Å². The molecule has 0 aliphatic carbocycles. The van der Waals surface area contributed by atoms with Gasteiger partial charge in [0.05, 0.1) is 6.42 Å². The molecule has 4 atom stereocenters. The minimum Gasteiger partial charge on any atom is -0.464 e. The lowest BCUT2D eigenvalue weighted by Crippen LogP contribution is -2.54. The summed E-state index contributed by atoms with van der Waals surface area (Å²) in [5.74, 6) is -1.22. The molecule has 9 nitrogen and oxygen atoms in total. The molecule has 1 aliphatic heterocycles. The maximum atomic E-state index is 11.6. The first-order valence-corrected chi connectivity index (χ1v) is 10.4. The lowest BCUT2D eigenvalue weighted by molar-refractivity contribution is -0.245. The molecular weight excluding hydrogens is 428 g/mol. The topological polar surface area (TPSA) is 114 Å². The van der Waals surface area contributed by atoms with Crippen molar-refractivity contribution in [3.63, 3.8) is 0 Å². The van der Waals surface area contributed by atoms with E-state index >= 15 is 0 Å². The van der Waals surface area contributed by atoms with Crippen molar-refractivity contribution in [3.8, 4) is 5.75 Å². The highest BCUT2D eigenvalue weighted by molar-refractivity contribution is 7.17. The first kappa shape index (κ1) is 22.7. The first-order valence-electron chi connectivity index (χ1n) is 9.53. The third-order valence-corrected chi connectivity index (χ3v) is 5.51. The van der Waals surface area contributed by atoms with Gasteiger partial charge in [0.1, 0.15) is 24.6 Å². The van der Waals surface area contributed by atoms with Crippen LogP contribution in [0.5, 0.6) is 5.75 Å². The van der Waals surface area contributed by atoms with Crippen molar-refractivity contribution in [2.45, 2.75) is 51.8 Å². The molecular formula is C21H22O9S. The van der Waals surface area contributed by atoms with Gasteiger partial charge < -0.3 is 23.7 Å². The zero-order chi connectivity index (χ0) is 22.5. The highest BCUT2D eigenvalue weighted by Crippen LogP contribution is 2.35. The summed E-state index contributed by atoms with van der Waals surface area (Å²) < 4.78 is 28.4. The summed E-state index contributed by atoms with van der Waals surface area (Å²) in [7, 11) is 0. The number of benzene rings is 1. The van der Waals surface area contributed by atoms with Crippen molar-refractivity contribution in [3.05, 3.63) is 29.1 Å². The number of esters is 3. The van der Waals surface area contributed by atoms with Crippen LogP contribution in [0.25, 0.3) is 10.1 Å². The molecule has 31 heavy (non-hydrogen) atoms. The van der Waals surface area contributed by atoms with Gasteiger partial charge in [-0.05, 0) is 23.6 Å². The van der Waals surface area contributed by atoms with Gasteiger partial charge in [-0.15, -0.1) is 11.3 Å². The molecule has 1 aliphatic rings.